The number of nitrogens with zero attached hydrogens (tertiary/aromatic N) is 5. The molecule has 3 rings (SSSR count). The van der Waals surface area contributed by atoms with Crippen LogP contribution in [0.15, 0.2) is 53.7 Å². The number of thioether (sulfide) groups is 1. The molecule has 0 fully saturated rings. The minimum atomic E-state index is -0.523. The summed E-state index contributed by atoms with van der Waals surface area (Å²) in [6.07, 6.45) is 0. The zero-order valence-corrected chi connectivity index (χ0v) is 14.6. The van der Waals surface area contributed by atoms with Crippen molar-refractivity contribution in [1.29, 1.82) is 0 Å². The van der Waals surface area contributed by atoms with E-state index in [1.165, 1.54) is 22.9 Å². The lowest BCUT2D eigenvalue weighted by atomic mass is 10.3. The summed E-state index contributed by atoms with van der Waals surface area (Å²) in [6, 6.07) is 12.7. The number of tetrazole rings is 1. The van der Waals surface area contributed by atoms with E-state index in [4.69, 9.17) is 11.6 Å². The van der Waals surface area contributed by atoms with Gasteiger partial charge in [-0.1, -0.05) is 29.4 Å². The second kappa shape index (κ2) is 7.93. The van der Waals surface area contributed by atoms with Crippen LogP contribution in [0.25, 0.3) is 5.69 Å². The Hall–Kier alpha value is -2.98. The molecular formula is C15H11ClN6O3S. The molecule has 132 valence electrons. The van der Waals surface area contributed by atoms with Crippen molar-refractivity contribution in [3.8, 4) is 5.69 Å². The maximum Gasteiger partial charge on any atom is 0.271 e. The molecule has 0 aliphatic rings. The van der Waals surface area contributed by atoms with E-state index in [-0.39, 0.29) is 17.3 Å². The van der Waals surface area contributed by atoms with Crippen LogP contribution in [0.5, 0.6) is 0 Å². The van der Waals surface area contributed by atoms with Gasteiger partial charge < -0.3 is 5.32 Å². The first kappa shape index (κ1) is 17.8. The number of rotatable bonds is 6. The number of carbonyl (C=O) groups is 1. The van der Waals surface area contributed by atoms with Crippen molar-refractivity contribution in [1.82, 2.24) is 20.2 Å². The SMILES string of the molecule is O=C(CSc1nnnn1-c1ccc(Cl)cc1)Nc1cccc([N+](=O)[O-])c1. The maximum atomic E-state index is 12.1. The Labute approximate surface area is 156 Å². The number of non-ortho nitro benzene ring substituents is 1. The van der Waals surface area contributed by atoms with Crippen LogP contribution in [0.2, 0.25) is 5.02 Å². The highest BCUT2D eigenvalue weighted by Gasteiger charge is 2.13. The summed E-state index contributed by atoms with van der Waals surface area (Å²) in [4.78, 5) is 22.3. The van der Waals surface area contributed by atoms with Crippen molar-refractivity contribution in [2.75, 3.05) is 11.1 Å². The Balaban J connectivity index is 1.64. The molecule has 26 heavy (non-hydrogen) atoms. The highest BCUT2D eigenvalue weighted by molar-refractivity contribution is 7.99. The summed E-state index contributed by atoms with van der Waals surface area (Å²) in [5, 5.41) is 25.8. The number of nitro benzene ring substituents is 1. The fourth-order valence-electron chi connectivity index (χ4n) is 2.04. The maximum absolute atomic E-state index is 12.1. The minimum absolute atomic E-state index is 0.0383. The summed E-state index contributed by atoms with van der Waals surface area (Å²) >= 11 is 7.00. The number of amides is 1. The van der Waals surface area contributed by atoms with Gasteiger partial charge in [0.1, 0.15) is 0 Å². The molecule has 11 heteroatoms. The highest BCUT2D eigenvalue weighted by atomic mass is 35.5. The van der Waals surface area contributed by atoms with Gasteiger partial charge in [-0.25, -0.2) is 0 Å². The summed E-state index contributed by atoms with van der Waals surface area (Å²) < 4.78 is 1.49. The molecule has 0 unspecified atom stereocenters. The van der Waals surface area contributed by atoms with E-state index >= 15 is 0 Å². The molecular weight excluding hydrogens is 380 g/mol. The van der Waals surface area contributed by atoms with Crippen LogP contribution in [0.4, 0.5) is 11.4 Å². The molecule has 0 atom stereocenters. The fourth-order valence-corrected chi connectivity index (χ4v) is 2.85. The van der Waals surface area contributed by atoms with Crippen LogP contribution in [0, 0.1) is 10.1 Å². The lowest BCUT2D eigenvalue weighted by Crippen LogP contribution is -2.14. The number of benzene rings is 2. The van der Waals surface area contributed by atoms with Gasteiger partial charge >= 0.3 is 0 Å². The minimum Gasteiger partial charge on any atom is -0.325 e. The Morgan fingerprint density at radius 1 is 1.27 bits per heavy atom. The van der Waals surface area contributed by atoms with Gasteiger partial charge in [-0.15, -0.1) is 5.10 Å². The first-order valence-corrected chi connectivity index (χ1v) is 8.61. The molecule has 0 spiro atoms. The molecule has 1 heterocycles. The highest BCUT2D eigenvalue weighted by Crippen LogP contribution is 2.21. The molecule has 2 aromatic carbocycles. The van der Waals surface area contributed by atoms with Crippen LogP contribution < -0.4 is 5.32 Å². The normalized spacial score (nSPS) is 10.5. The van der Waals surface area contributed by atoms with Gasteiger partial charge in [0, 0.05) is 22.8 Å². The number of halogens is 1. The van der Waals surface area contributed by atoms with E-state index < -0.39 is 4.92 Å². The van der Waals surface area contributed by atoms with Crippen LogP contribution in [-0.2, 0) is 4.79 Å². The van der Waals surface area contributed by atoms with E-state index in [1.54, 1.807) is 30.3 Å². The van der Waals surface area contributed by atoms with E-state index in [2.05, 4.69) is 20.8 Å². The van der Waals surface area contributed by atoms with E-state index in [1.807, 2.05) is 0 Å². The third kappa shape index (κ3) is 4.35. The molecule has 0 saturated heterocycles. The summed E-state index contributed by atoms with van der Waals surface area (Å²) in [6.45, 7) is 0. The molecule has 1 amide bonds. The van der Waals surface area contributed by atoms with Gasteiger partial charge in [-0.3, -0.25) is 14.9 Å². The summed E-state index contributed by atoms with van der Waals surface area (Å²) in [5.41, 5.74) is 0.963. The lowest BCUT2D eigenvalue weighted by molar-refractivity contribution is -0.384. The van der Waals surface area contributed by atoms with Gasteiger partial charge in [-0.2, -0.15) is 4.68 Å². The first-order valence-electron chi connectivity index (χ1n) is 7.24. The average Bonchev–Trinajstić information content (AvgIpc) is 3.09. The van der Waals surface area contributed by atoms with E-state index in [0.717, 1.165) is 11.8 Å². The number of nitro groups is 1. The van der Waals surface area contributed by atoms with Crippen molar-refractivity contribution in [3.05, 3.63) is 63.7 Å². The molecule has 1 aromatic heterocycles. The number of carbonyl (C=O) groups excluding carboxylic acids is 1. The van der Waals surface area contributed by atoms with Crippen molar-refractivity contribution < 1.29 is 9.72 Å². The van der Waals surface area contributed by atoms with Gasteiger partial charge in [0.05, 0.1) is 16.4 Å². The smallest absolute Gasteiger partial charge is 0.271 e. The molecule has 0 aliphatic heterocycles. The Kier molecular flexibility index (Phi) is 5.44. The zero-order valence-electron chi connectivity index (χ0n) is 13.1. The Bertz CT molecular complexity index is 947. The van der Waals surface area contributed by atoms with E-state index in [9.17, 15) is 14.9 Å². The Morgan fingerprint density at radius 3 is 2.77 bits per heavy atom. The van der Waals surface area contributed by atoms with E-state index in [0.29, 0.717) is 21.6 Å². The zero-order chi connectivity index (χ0) is 18.5. The number of aromatic nitrogens is 4. The topological polar surface area (TPSA) is 116 Å². The number of anilines is 1. The number of nitrogens with one attached hydrogen (secondary N) is 1. The third-order valence-electron chi connectivity index (χ3n) is 3.19. The molecule has 0 aliphatic carbocycles. The van der Waals surface area contributed by atoms with Crippen LogP contribution in [-0.4, -0.2) is 36.8 Å². The summed E-state index contributed by atoms with van der Waals surface area (Å²) in [5.74, 6) is -0.294. The predicted molar refractivity (Wildman–Crippen MR) is 96.6 cm³/mol. The molecule has 9 nitrogen and oxygen atoms in total. The van der Waals surface area contributed by atoms with Crippen LogP contribution in [0.1, 0.15) is 0 Å². The molecule has 1 N–H and O–H groups in total. The Morgan fingerprint density at radius 2 is 2.04 bits per heavy atom. The predicted octanol–water partition coefficient (Wildman–Crippen LogP) is 2.95. The summed E-state index contributed by atoms with van der Waals surface area (Å²) in [7, 11) is 0. The monoisotopic (exact) mass is 390 g/mol. The number of hydrogen-bond donors (Lipinski definition) is 1. The van der Waals surface area contributed by atoms with Crippen molar-refractivity contribution in [2.24, 2.45) is 0 Å². The van der Waals surface area contributed by atoms with Gasteiger partial charge in [0.15, 0.2) is 0 Å². The van der Waals surface area contributed by atoms with Crippen LogP contribution >= 0.6 is 23.4 Å². The molecule has 0 saturated carbocycles. The van der Waals surface area contributed by atoms with Crippen molar-refractivity contribution >= 4 is 40.6 Å². The average molecular weight is 391 g/mol. The first-order chi connectivity index (χ1) is 12.5. The molecule has 0 radical (unpaired) electrons. The largest absolute Gasteiger partial charge is 0.325 e. The van der Waals surface area contributed by atoms with Crippen LogP contribution in [0.3, 0.4) is 0 Å². The van der Waals surface area contributed by atoms with Gasteiger partial charge in [-0.05, 0) is 40.8 Å². The fraction of sp³-hybridized carbons (Fsp3) is 0.0667. The van der Waals surface area contributed by atoms with Gasteiger partial charge in [0.25, 0.3) is 5.69 Å². The van der Waals surface area contributed by atoms with Crippen molar-refractivity contribution in [2.45, 2.75) is 5.16 Å². The quantitative estimate of drug-likeness (QED) is 0.390. The lowest BCUT2D eigenvalue weighted by Gasteiger charge is -2.06. The number of hydrogen-bond acceptors (Lipinski definition) is 7. The molecule has 3 aromatic rings. The van der Waals surface area contributed by atoms with Gasteiger partial charge in [0.2, 0.25) is 11.1 Å². The standard InChI is InChI=1S/C15H11ClN6O3S/c16-10-4-6-12(7-5-10)21-15(18-19-20-21)26-9-14(23)17-11-2-1-3-13(8-11)22(24)25/h1-8H,9H2,(H,17,23). The molecule has 0 bridgehead atoms. The second-order valence-electron chi connectivity index (χ2n) is 4.99. The second-order valence-corrected chi connectivity index (χ2v) is 6.37. The van der Waals surface area contributed by atoms with Crippen molar-refractivity contribution in [3.63, 3.8) is 0 Å². The third-order valence-corrected chi connectivity index (χ3v) is 4.36.